The maximum atomic E-state index is 2.00. The molecule has 0 bridgehead atoms. The molecule has 0 saturated heterocycles. The largest absolute Gasteiger partial charge is 0.200 e. The fraction of sp³-hybridized carbons (Fsp3) is 0. The minimum absolute atomic E-state index is 2.00. The van der Waals surface area contributed by atoms with Crippen LogP contribution in [0.25, 0.3) is 0 Å². The highest BCUT2D eigenvalue weighted by Crippen LogP contribution is 1.84. The Morgan fingerprint density at radius 1 is 0.727 bits per heavy atom. The zero-order valence-corrected chi connectivity index (χ0v) is 6.09. The summed E-state index contributed by atoms with van der Waals surface area (Å²) in [5.41, 5.74) is 0. The maximum absolute atomic E-state index is 2.00. The second-order valence-corrected chi connectivity index (χ2v) is 2.32. The summed E-state index contributed by atoms with van der Waals surface area (Å²) in [5, 5.41) is 0. The molecule has 54 valence electrons. The Bertz CT molecular complexity index is 311. The van der Waals surface area contributed by atoms with E-state index in [4.69, 9.17) is 0 Å². The zero-order valence-electron chi connectivity index (χ0n) is 6.09. The first-order valence-electron chi connectivity index (χ1n) is 3.57. The molecule has 2 aromatic heterocycles. The van der Waals surface area contributed by atoms with Crippen molar-refractivity contribution in [1.82, 2.24) is 4.68 Å². The molecule has 0 atom stereocenters. The molecule has 0 N–H and O–H groups in total. The molecule has 0 aromatic carbocycles. The van der Waals surface area contributed by atoms with E-state index in [1.165, 1.54) is 0 Å². The standard InChI is InChI=1S/C9H9N2/c1-2-6-10(7-3-1)11-8-4-5-9-11/h1-9H/q+1. The second kappa shape index (κ2) is 2.58. The number of rotatable bonds is 1. The topological polar surface area (TPSA) is 8.81 Å². The molecule has 0 aliphatic rings. The molecular formula is C9H9N2+. The van der Waals surface area contributed by atoms with E-state index in [1.807, 2.05) is 64.5 Å². The van der Waals surface area contributed by atoms with Crippen molar-refractivity contribution in [3.8, 4) is 0 Å². The van der Waals surface area contributed by atoms with Gasteiger partial charge < -0.3 is 0 Å². The van der Waals surface area contributed by atoms with Gasteiger partial charge in [0.05, 0.1) is 12.4 Å². The number of aromatic nitrogens is 2. The van der Waals surface area contributed by atoms with Crippen molar-refractivity contribution in [2.45, 2.75) is 0 Å². The first-order chi connectivity index (χ1) is 5.47. The smallest absolute Gasteiger partial charge is 0.131 e. The summed E-state index contributed by atoms with van der Waals surface area (Å²) in [5.74, 6) is 0. The quantitative estimate of drug-likeness (QED) is 0.531. The highest BCUT2D eigenvalue weighted by Gasteiger charge is 1.96. The fourth-order valence-corrected chi connectivity index (χ4v) is 1.02. The number of pyridine rings is 1. The van der Waals surface area contributed by atoms with Crippen LogP contribution in [0.5, 0.6) is 0 Å². The van der Waals surface area contributed by atoms with Gasteiger partial charge in [-0.25, -0.2) is 0 Å². The Hall–Kier alpha value is -1.57. The van der Waals surface area contributed by atoms with E-state index in [1.54, 1.807) is 0 Å². The summed E-state index contributed by atoms with van der Waals surface area (Å²) in [7, 11) is 0. The molecule has 0 saturated carbocycles. The molecule has 2 aromatic rings. The van der Waals surface area contributed by atoms with Crippen LogP contribution in [0.1, 0.15) is 0 Å². The molecule has 0 spiro atoms. The fourth-order valence-electron chi connectivity index (χ4n) is 1.02. The van der Waals surface area contributed by atoms with Gasteiger partial charge in [-0.2, -0.15) is 0 Å². The van der Waals surface area contributed by atoms with E-state index >= 15 is 0 Å². The molecule has 11 heavy (non-hydrogen) atoms. The Morgan fingerprint density at radius 2 is 1.36 bits per heavy atom. The first kappa shape index (κ1) is 6.16. The third-order valence-corrected chi connectivity index (χ3v) is 1.56. The van der Waals surface area contributed by atoms with Gasteiger partial charge in [0.1, 0.15) is 0 Å². The zero-order chi connectivity index (χ0) is 7.52. The molecule has 0 radical (unpaired) electrons. The minimum atomic E-state index is 2.00. The van der Waals surface area contributed by atoms with Gasteiger partial charge in [-0.05, 0) is 12.1 Å². The molecule has 0 fully saturated rings. The Kier molecular flexibility index (Phi) is 1.44. The van der Waals surface area contributed by atoms with Gasteiger partial charge >= 0.3 is 0 Å². The van der Waals surface area contributed by atoms with Crippen LogP contribution in [0, 0.1) is 0 Å². The summed E-state index contributed by atoms with van der Waals surface area (Å²) >= 11 is 0. The van der Waals surface area contributed by atoms with Crippen molar-refractivity contribution in [2.24, 2.45) is 0 Å². The van der Waals surface area contributed by atoms with Gasteiger partial charge in [0.25, 0.3) is 0 Å². The molecule has 2 rings (SSSR count). The molecule has 2 nitrogen and oxygen atoms in total. The van der Waals surface area contributed by atoms with E-state index in [9.17, 15) is 0 Å². The summed E-state index contributed by atoms with van der Waals surface area (Å²) < 4.78 is 4.00. The highest BCUT2D eigenvalue weighted by atomic mass is 15.4. The van der Waals surface area contributed by atoms with Crippen LogP contribution in [0.4, 0.5) is 0 Å². The molecule has 0 amide bonds. The summed E-state index contributed by atoms with van der Waals surface area (Å²) in [6.07, 6.45) is 8.00. The van der Waals surface area contributed by atoms with Crippen molar-refractivity contribution in [2.75, 3.05) is 0 Å². The van der Waals surface area contributed by atoms with Crippen LogP contribution in [0.3, 0.4) is 0 Å². The monoisotopic (exact) mass is 145 g/mol. The van der Waals surface area contributed by atoms with Gasteiger partial charge in [-0.1, -0.05) is 10.7 Å². The lowest BCUT2D eigenvalue weighted by molar-refractivity contribution is -0.727. The van der Waals surface area contributed by atoms with E-state index < -0.39 is 0 Å². The predicted molar refractivity (Wildman–Crippen MR) is 41.9 cm³/mol. The predicted octanol–water partition coefficient (Wildman–Crippen LogP) is 1.09. The van der Waals surface area contributed by atoms with Crippen molar-refractivity contribution in [3.05, 3.63) is 55.1 Å². The molecule has 0 unspecified atom stereocenters. The van der Waals surface area contributed by atoms with Crippen LogP contribution in [-0.2, 0) is 0 Å². The van der Waals surface area contributed by atoms with Gasteiger partial charge in [-0.3, -0.25) is 0 Å². The third-order valence-electron chi connectivity index (χ3n) is 1.56. The Labute approximate surface area is 65.3 Å². The lowest BCUT2D eigenvalue weighted by Gasteiger charge is -1.91. The van der Waals surface area contributed by atoms with E-state index in [2.05, 4.69) is 0 Å². The van der Waals surface area contributed by atoms with E-state index in [0.717, 1.165) is 0 Å². The van der Waals surface area contributed by atoms with Crippen molar-refractivity contribution < 1.29 is 4.68 Å². The maximum Gasteiger partial charge on any atom is 0.200 e. The number of hydrogen-bond acceptors (Lipinski definition) is 0. The van der Waals surface area contributed by atoms with E-state index in [-0.39, 0.29) is 0 Å². The van der Waals surface area contributed by atoms with Crippen LogP contribution in [-0.4, -0.2) is 4.68 Å². The Balaban J connectivity index is 2.46. The molecule has 2 heterocycles. The second-order valence-electron chi connectivity index (χ2n) is 2.32. The average molecular weight is 145 g/mol. The number of nitrogens with zero attached hydrogens (tertiary/aromatic N) is 2. The highest BCUT2D eigenvalue weighted by molar-refractivity contribution is 4.89. The van der Waals surface area contributed by atoms with Gasteiger partial charge in [-0.15, -0.1) is 4.68 Å². The van der Waals surface area contributed by atoms with Crippen LogP contribution >= 0.6 is 0 Å². The van der Waals surface area contributed by atoms with Crippen LogP contribution in [0.15, 0.2) is 55.1 Å². The van der Waals surface area contributed by atoms with E-state index in [0.29, 0.717) is 0 Å². The first-order valence-corrected chi connectivity index (χ1v) is 3.57. The molecule has 0 aliphatic heterocycles. The lowest BCUT2D eigenvalue weighted by Crippen LogP contribution is -2.39. The molecule has 0 aliphatic carbocycles. The van der Waals surface area contributed by atoms with Crippen LogP contribution < -0.4 is 4.68 Å². The van der Waals surface area contributed by atoms with Gasteiger partial charge in [0.2, 0.25) is 0 Å². The van der Waals surface area contributed by atoms with Crippen molar-refractivity contribution in [1.29, 1.82) is 0 Å². The summed E-state index contributed by atoms with van der Waals surface area (Å²) in [6, 6.07) is 10.0. The Morgan fingerprint density at radius 3 is 2.00 bits per heavy atom. The van der Waals surface area contributed by atoms with Gasteiger partial charge in [0, 0.05) is 12.1 Å². The summed E-state index contributed by atoms with van der Waals surface area (Å²) in [4.78, 5) is 0. The van der Waals surface area contributed by atoms with Crippen LogP contribution in [0.2, 0.25) is 0 Å². The van der Waals surface area contributed by atoms with Crippen molar-refractivity contribution >= 4 is 0 Å². The molecular weight excluding hydrogens is 136 g/mol. The number of hydrogen-bond donors (Lipinski definition) is 0. The normalized spacial score (nSPS) is 9.82. The van der Waals surface area contributed by atoms with Crippen molar-refractivity contribution in [3.63, 3.8) is 0 Å². The third kappa shape index (κ3) is 1.15. The summed E-state index contributed by atoms with van der Waals surface area (Å²) in [6.45, 7) is 0. The van der Waals surface area contributed by atoms with Gasteiger partial charge in [0.15, 0.2) is 12.4 Å². The minimum Gasteiger partial charge on any atom is -0.131 e. The lowest BCUT2D eigenvalue weighted by atomic mass is 10.5. The SMILES string of the molecule is c1cc[n+](-n2cccc2)cc1. The average Bonchev–Trinajstić information content (AvgIpc) is 2.58. The molecule has 2 heteroatoms.